The van der Waals surface area contributed by atoms with Crippen LogP contribution in [0.25, 0.3) is 0 Å². The van der Waals surface area contributed by atoms with Crippen LogP contribution in [0.2, 0.25) is 0 Å². The van der Waals surface area contributed by atoms with Gasteiger partial charge in [-0.25, -0.2) is 8.42 Å². The van der Waals surface area contributed by atoms with Gasteiger partial charge in [0.25, 0.3) is 0 Å². The van der Waals surface area contributed by atoms with Crippen LogP contribution < -0.4 is 10.1 Å². The molecule has 0 bridgehead atoms. The summed E-state index contributed by atoms with van der Waals surface area (Å²) in [6.45, 7) is 1.07. The average Bonchev–Trinajstić information content (AvgIpc) is 3.23. The highest BCUT2D eigenvalue weighted by Gasteiger charge is 2.28. The van der Waals surface area contributed by atoms with Gasteiger partial charge in [0, 0.05) is 19.5 Å². The van der Waals surface area contributed by atoms with E-state index in [9.17, 15) is 13.2 Å². The molecule has 0 atom stereocenters. The number of methoxy groups -OCH3 is 1. The number of aryl methyl sites for hydroxylation is 1. The number of rotatable bonds is 7. The van der Waals surface area contributed by atoms with Crippen molar-refractivity contribution in [3.05, 3.63) is 54.1 Å². The second kappa shape index (κ2) is 8.54. The number of ether oxygens (including phenoxy) is 1. The largest absolute Gasteiger partial charge is 0.495 e. The van der Waals surface area contributed by atoms with Crippen molar-refractivity contribution in [1.29, 1.82) is 0 Å². The first-order valence-corrected chi connectivity index (χ1v) is 10.5. The summed E-state index contributed by atoms with van der Waals surface area (Å²) < 4.78 is 32.3. The Hall–Kier alpha value is -2.38. The van der Waals surface area contributed by atoms with Crippen molar-refractivity contribution >= 4 is 21.6 Å². The topological polar surface area (TPSA) is 75.7 Å². The fraction of sp³-hybridized carbons (Fsp3) is 0.350. The van der Waals surface area contributed by atoms with Gasteiger partial charge in [0.2, 0.25) is 15.9 Å². The second-order valence-corrected chi connectivity index (χ2v) is 8.44. The molecule has 2 aromatic carbocycles. The molecule has 1 saturated heterocycles. The zero-order chi connectivity index (χ0) is 19.3. The van der Waals surface area contributed by atoms with Gasteiger partial charge in [0.05, 0.1) is 17.7 Å². The highest BCUT2D eigenvalue weighted by molar-refractivity contribution is 7.89. The molecule has 1 amide bonds. The maximum atomic E-state index is 12.8. The smallest absolute Gasteiger partial charge is 0.243 e. The summed E-state index contributed by atoms with van der Waals surface area (Å²) >= 11 is 0. The second-order valence-electron chi connectivity index (χ2n) is 6.51. The molecule has 0 radical (unpaired) electrons. The third-order valence-electron chi connectivity index (χ3n) is 4.63. The average molecular weight is 388 g/mol. The van der Waals surface area contributed by atoms with E-state index in [4.69, 9.17) is 4.74 Å². The van der Waals surface area contributed by atoms with E-state index in [0.29, 0.717) is 37.4 Å². The predicted molar refractivity (Wildman–Crippen MR) is 104 cm³/mol. The van der Waals surface area contributed by atoms with Gasteiger partial charge >= 0.3 is 0 Å². The van der Waals surface area contributed by atoms with Crippen molar-refractivity contribution in [2.45, 2.75) is 30.6 Å². The molecule has 6 nitrogen and oxygen atoms in total. The molecule has 1 aliphatic heterocycles. The molecule has 1 fully saturated rings. The Kier molecular flexibility index (Phi) is 6.13. The number of nitrogens with one attached hydrogen (secondary N) is 1. The van der Waals surface area contributed by atoms with Gasteiger partial charge in [-0.15, -0.1) is 0 Å². The Morgan fingerprint density at radius 3 is 2.48 bits per heavy atom. The summed E-state index contributed by atoms with van der Waals surface area (Å²) in [5.74, 6) is 0.247. The lowest BCUT2D eigenvalue weighted by Crippen LogP contribution is -2.28. The van der Waals surface area contributed by atoms with Crippen LogP contribution in [0.15, 0.2) is 53.4 Å². The molecule has 3 rings (SSSR count). The van der Waals surface area contributed by atoms with Crippen LogP contribution in [0.4, 0.5) is 5.69 Å². The van der Waals surface area contributed by atoms with Crippen LogP contribution in [0.5, 0.6) is 5.75 Å². The Bertz CT molecular complexity index is 891. The molecule has 0 unspecified atom stereocenters. The van der Waals surface area contributed by atoms with Crippen molar-refractivity contribution in [3.63, 3.8) is 0 Å². The van der Waals surface area contributed by atoms with E-state index >= 15 is 0 Å². The van der Waals surface area contributed by atoms with Crippen LogP contribution in [-0.4, -0.2) is 38.8 Å². The maximum absolute atomic E-state index is 12.8. The van der Waals surface area contributed by atoms with Gasteiger partial charge < -0.3 is 10.1 Å². The van der Waals surface area contributed by atoms with Crippen LogP contribution in [0.3, 0.4) is 0 Å². The molecule has 1 heterocycles. The van der Waals surface area contributed by atoms with E-state index < -0.39 is 10.0 Å². The maximum Gasteiger partial charge on any atom is 0.243 e. The number of amides is 1. The quantitative estimate of drug-likeness (QED) is 0.791. The molecular weight excluding hydrogens is 364 g/mol. The van der Waals surface area contributed by atoms with E-state index in [0.717, 1.165) is 18.4 Å². The number of carbonyl (C=O) groups excluding carboxylic acids is 1. The summed E-state index contributed by atoms with van der Waals surface area (Å²) in [4.78, 5) is 12.5. The number of anilines is 1. The van der Waals surface area contributed by atoms with Gasteiger partial charge in [0.15, 0.2) is 0 Å². The normalized spacial score (nSPS) is 14.9. The molecule has 0 saturated carbocycles. The van der Waals surface area contributed by atoms with Crippen LogP contribution >= 0.6 is 0 Å². The third-order valence-corrected chi connectivity index (χ3v) is 6.53. The zero-order valence-corrected chi connectivity index (χ0v) is 16.2. The number of hydrogen-bond acceptors (Lipinski definition) is 4. The highest BCUT2D eigenvalue weighted by Crippen LogP contribution is 2.30. The molecule has 0 spiro atoms. The summed E-state index contributed by atoms with van der Waals surface area (Å²) in [7, 11) is -2.06. The van der Waals surface area contributed by atoms with Crippen LogP contribution in [-0.2, 0) is 21.2 Å². The number of nitrogens with zero attached hydrogens (tertiary/aromatic N) is 1. The van der Waals surface area contributed by atoms with Crippen molar-refractivity contribution < 1.29 is 17.9 Å². The Labute approximate surface area is 160 Å². The third kappa shape index (κ3) is 4.67. The molecule has 1 N–H and O–H groups in total. The Balaban J connectivity index is 1.74. The standard InChI is InChI=1S/C20H24N2O4S/c1-26-19-11-10-17(27(24,25)22-13-5-6-14-22)15-18(19)21-20(23)12-9-16-7-3-2-4-8-16/h2-4,7-8,10-11,15H,5-6,9,12-14H2,1H3,(H,21,23). The van der Waals surface area contributed by atoms with Gasteiger partial charge in [-0.3, -0.25) is 4.79 Å². The van der Waals surface area contributed by atoms with Crippen molar-refractivity contribution in [2.75, 3.05) is 25.5 Å². The first-order chi connectivity index (χ1) is 13.0. The first kappa shape index (κ1) is 19.4. The number of benzene rings is 2. The monoisotopic (exact) mass is 388 g/mol. The number of carbonyl (C=O) groups is 1. The minimum absolute atomic E-state index is 0.170. The molecule has 0 aliphatic carbocycles. The highest BCUT2D eigenvalue weighted by atomic mass is 32.2. The van der Waals surface area contributed by atoms with E-state index in [1.54, 1.807) is 6.07 Å². The fourth-order valence-electron chi connectivity index (χ4n) is 3.14. The van der Waals surface area contributed by atoms with Gasteiger partial charge in [-0.1, -0.05) is 30.3 Å². The molecule has 144 valence electrons. The minimum Gasteiger partial charge on any atom is -0.495 e. The van der Waals surface area contributed by atoms with Crippen molar-refractivity contribution in [2.24, 2.45) is 0 Å². The van der Waals surface area contributed by atoms with E-state index in [1.165, 1.54) is 23.5 Å². The Morgan fingerprint density at radius 1 is 1.11 bits per heavy atom. The van der Waals surface area contributed by atoms with Gasteiger partial charge in [-0.05, 0) is 43.0 Å². The first-order valence-electron chi connectivity index (χ1n) is 9.02. The number of sulfonamides is 1. The van der Waals surface area contributed by atoms with E-state index in [1.807, 2.05) is 30.3 Å². The summed E-state index contributed by atoms with van der Waals surface area (Å²) in [5.41, 5.74) is 1.45. The number of hydrogen-bond donors (Lipinski definition) is 1. The summed E-state index contributed by atoms with van der Waals surface area (Å²) in [6.07, 6.45) is 2.66. The lowest BCUT2D eigenvalue weighted by atomic mass is 10.1. The summed E-state index contributed by atoms with van der Waals surface area (Å²) in [6, 6.07) is 14.3. The molecule has 0 aromatic heterocycles. The van der Waals surface area contributed by atoms with Crippen molar-refractivity contribution in [1.82, 2.24) is 4.31 Å². The molecule has 7 heteroatoms. The predicted octanol–water partition coefficient (Wildman–Crippen LogP) is 3.05. The zero-order valence-electron chi connectivity index (χ0n) is 15.3. The molecule has 1 aliphatic rings. The lowest BCUT2D eigenvalue weighted by Gasteiger charge is -2.17. The lowest BCUT2D eigenvalue weighted by molar-refractivity contribution is -0.116. The SMILES string of the molecule is COc1ccc(S(=O)(=O)N2CCCC2)cc1NC(=O)CCc1ccccc1. The molecular formula is C20H24N2O4S. The van der Waals surface area contributed by atoms with Gasteiger partial charge in [0.1, 0.15) is 5.75 Å². The molecule has 27 heavy (non-hydrogen) atoms. The van der Waals surface area contributed by atoms with Crippen LogP contribution in [0, 0.1) is 0 Å². The van der Waals surface area contributed by atoms with Crippen LogP contribution in [0.1, 0.15) is 24.8 Å². The van der Waals surface area contributed by atoms with E-state index in [2.05, 4.69) is 5.32 Å². The minimum atomic E-state index is -3.55. The van der Waals surface area contributed by atoms with E-state index in [-0.39, 0.29) is 10.8 Å². The summed E-state index contributed by atoms with van der Waals surface area (Å²) in [5, 5.41) is 2.79. The Morgan fingerprint density at radius 2 is 1.81 bits per heavy atom. The van der Waals surface area contributed by atoms with Gasteiger partial charge in [-0.2, -0.15) is 4.31 Å². The fourth-order valence-corrected chi connectivity index (χ4v) is 4.68. The molecule has 2 aromatic rings. The van der Waals surface area contributed by atoms with Crippen molar-refractivity contribution in [3.8, 4) is 5.75 Å².